The molecule has 4 rings (SSSR count). The molecule has 0 bridgehead atoms. The molecule has 0 spiro atoms. The van der Waals surface area contributed by atoms with Crippen LogP contribution in [0, 0.1) is 6.92 Å². The van der Waals surface area contributed by atoms with Gasteiger partial charge in [-0.05, 0) is 25.1 Å². The van der Waals surface area contributed by atoms with Crippen LogP contribution in [0.1, 0.15) is 22.9 Å². The molecule has 6 heteroatoms. The highest BCUT2D eigenvalue weighted by Crippen LogP contribution is 2.41. The van der Waals surface area contributed by atoms with Crippen molar-refractivity contribution < 1.29 is 23.8 Å². The van der Waals surface area contributed by atoms with E-state index in [0.717, 1.165) is 37.4 Å². The highest BCUT2D eigenvalue weighted by atomic mass is 16.5. The normalized spacial score (nSPS) is 16.0. The molecule has 2 aromatic carbocycles. The number of para-hydroxylation sites is 1. The van der Waals surface area contributed by atoms with E-state index in [4.69, 9.17) is 18.9 Å². The smallest absolute Gasteiger partial charge is 0.203 e. The first-order valence-electron chi connectivity index (χ1n) is 9.97. The Morgan fingerprint density at radius 1 is 0.966 bits per heavy atom. The molecule has 154 valence electrons. The van der Waals surface area contributed by atoms with Gasteiger partial charge in [0.2, 0.25) is 5.75 Å². The summed E-state index contributed by atoms with van der Waals surface area (Å²) in [6.45, 7) is 5.57. The Hall–Kier alpha value is -2.70. The van der Waals surface area contributed by atoms with Crippen molar-refractivity contribution in [3.63, 3.8) is 0 Å². The highest BCUT2D eigenvalue weighted by molar-refractivity contribution is 5.85. The zero-order valence-electron chi connectivity index (χ0n) is 17.5. The fraction of sp³-hybridized carbons (Fsp3) is 0.391. The molecule has 29 heavy (non-hydrogen) atoms. The lowest BCUT2D eigenvalue weighted by Crippen LogP contribution is -3.14. The quantitative estimate of drug-likeness (QED) is 0.671. The van der Waals surface area contributed by atoms with Crippen molar-refractivity contribution in [3.8, 4) is 17.2 Å². The molecule has 0 aliphatic carbocycles. The summed E-state index contributed by atoms with van der Waals surface area (Å²) in [6.07, 6.45) is 0. The van der Waals surface area contributed by atoms with Crippen LogP contribution in [0.15, 0.2) is 36.4 Å². The molecule has 1 fully saturated rings. The third kappa shape index (κ3) is 3.54. The zero-order valence-corrected chi connectivity index (χ0v) is 17.5. The molecule has 2 heterocycles. The number of fused-ring (bicyclic) bond motifs is 1. The van der Waals surface area contributed by atoms with Crippen molar-refractivity contribution in [2.45, 2.75) is 13.0 Å². The molecule has 6 nitrogen and oxygen atoms in total. The van der Waals surface area contributed by atoms with Crippen LogP contribution in [0.3, 0.4) is 0 Å². The summed E-state index contributed by atoms with van der Waals surface area (Å²) < 4.78 is 22.5. The van der Waals surface area contributed by atoms with Crippen LogP contribution in [0.5, 0.6) is 17.2 Å². The number of methoxy groups -OCH3 is 3. The van der Waals surface area contributed by atoms with Gasteiger partial charge in [-0.15, -0.1) is 0 Å². The SMILES string of the molecule is COc1cc(C(c2c(C)[nH]c3ccccc23)[NH+]2CCOCC2)cc(OC)c1OC. The van der Waals surface area contributed by atoms with E-state index in [9.17, 15) is 0 Å². The number of morpholine rings is 1. The van der Waals surface area contributed by atoms with Crippen LogP contribution in [0.4, 0.5) is 0 Å². The van der Waals surface area contributed by atoms with Gasteiger partial charge in [0.05, 0.1) is 34.5 Å². The van der Waals surface area contributed by atoms with E-state index < -0.39 is 0 Å². The average molecular weight is 397 g/mol. The minimum atomic E-state index is 0.128. The van der Waals surface area contributed by atoms with Gasteiger partial charge in [0.25, 0.3) is 0 Å². The van der Waals surface area contributed by atoms with Crippen LogP contribution < -0.4 is 19.1 Å². The van der Waals surface area contributed by atoms with Crippen LogP contribution in [0.25, 0.3) is 10.9 Å². The molecule has 1 atom stereocenters. The van der Waals surface area contributed by atoms with Crippen LogP contribution >= 0.6 is 0 Å². The Bertz CT molecular complexity index is 967. The molecule has 0 saturated carbocycles. The van der Waals surface area contributed by atoms with Crippen molar-refractivity contribution in [1.29, 1.82) is 0 Å². The summed E-state index contributed by atoms with van der Waals surface area (Å²) in [7, 11) is 4.96. The van der Waals surface area contributed by atoms with Crippen molar-refractivity contribution >= 4 is 10.9 Å². The third-order valence-electron chi connectivity index (χ3n) is 5.80. The number of hydrogen-bond donors (Lipinski definition) is 2. The second-order valence-electron chi connectivity index (χ2n) is 7.37. The van der Waals surface area contributed by atoms with Gasteiger partial charge in [0.15, 0.2) is 11.5 Å². The molecule has 3 aromatic rings. The van der Waals surface area contributed by atoms with E-state index in [2.05, 4.69) is 48.3 Å². The van der Waals surface area contributed by atoms with E-state index in [1.54, 1.807) is 21.3 Å². The van der Waals surface area contributed by atoms with Gasteiger partial charge in [-0.2, -0.15) is 0 Å². The Morgan fingerprint density at radius 2 is 1.62 bits per heavy atom. The lowest BCUT2D eigenvalue weighted by atomic mass is 9.93. The zero-order chi connectivity index (χ0) is 20.4. The van der Waals surface area contributed by atoms with Crippen molar-refractivity contribution in [2.24, 2.45) is 0 Å². The number of hydrogen-bond acceptors (Lipinski definition) is 4. The first-order chi connectivity index (χ1) is 14.2. The van der Waals surface area contributed by atoms with Gasteiger partial charge in [-0.25, -0.2) is 0 Å². The summed E-state index contributed by atoms with van der Waals surface area (Å²) in [5.74, 6) is 1.97. The standard InChI is InChI=1S/C23H28N2O4/c1-15-21(17-7-5-6-8-18(17)24-15)22(25-9-11-29-12-10-25)16-13-19(26-2)23(28-4)20(14-16)27-3/h5-8,13-14,22,24H,9-12H2,1-4H3/p+1. The Labute approximate surface area is 171 Å². The Balaban J connectivity index is 1.93. The Morgan fingerprint density at radius 3 is 2.24 bits per heavy atom. The fourth-order valence-corrected chi connectivity index (χ4v) is 4.47. The van der Waals surface area contributed by atoms with Gasteiger partial charge in [-0.1, -0.05) is 18.2 Å². The van der Waals surface area contributed by atoms with Gasteiger partial charge in [-0.3, -0.25) is 0 Å². The summed E-state index contributed by atoms with van der Waals surface area (Å²) >= 11 is 0. The molecular formula is C23H29N2O4+. The van der Waals surface area contributed by atoms with Gasteiger partial charge >= 0.3 is 0 Å². The number of H-pyrrole nitrogens is 1. The summed E-state index contributed by atoms with van der Waals surface area (Å²) in [6, 6.07) is 12.8. The van der Waals surface area contributed by atoms with Crippen molar-refractivity contribution in [2.75, 3.05) is 47.6 Å². The minimum Gasteiger partial charge on any atom is -0.493 e. The van der Waals surface area contributed by atoms with Gasteiger partial charge in [0, 0.05) is 27.7 Å². The predicted octanol–water partition coefficient (Wildman–Crippen LogP) is 2.51. The minimum absolute atomic E-state index is 0.128. The maximum Gasteiger partial charge on any atom is 0.203 e. The number of rotatable bonds is 6. The maximum atomic E-state index is 5.65. The number of quaternary nitrogens is 1. The number of benzene rings is 2. The fourth-order valence-electron chi connectivity index (χ4n) is 4.47. The molecular weight excluding hydrogens is 368 g/mol. The van der Waals surface area contributed by atoms with E-state index in [1.165, 1.54) is 21.5 Å². The molecule has 1 saturated heterocycles. The first kappa shape index (κ1) is 19.6. The number of aryl methyl sites for hydroxylation is 1. The van der Waals surface area contributed by atoms with Crippen LogP contribution in [-0.4, -0.2) is 52.6 Å². The highest BCUT2D eigenvalue weighted by Gasteiger charge is 2.33. The monoisotopic (exact) mass is 397 g/mol. The maximum absolute atomic E-state index is 5.65. The van der Waals surface area contributed by atoms with Gasteiger partial charge < -0.3 is 28.8 Å². The number of nitrogens with one attached hydrogen (secondary N) is 2. The largest absolute Gasteiger partial charge is 0.493 e. The number of ether oxygens (including phenoxy) is 4. The lowest BCUT2D eigenvalue weighted by Gasteiger charge is -2.32. The van der Waals surface area contributed by atoms with E-state index >= 15 is 0 Å². The Kier molecular flexibility index (Phi) is 5.65. The molecule has 1 aromatic heterocycles. The molecule has 1 aliphatic rings. The van der Waals surface area contributed by atoms with E-state index in [0.29, 0.717) is 17.2 Å². The average Bonchev–Trinajstić information content (AvgIpc) is 3.09. The molecule has 2 N–H and O–H groups in total. The van der Waals surface area contributed by atoms with E-state index in [1.807, 2.05) is 0 Å². The summed E-state index contributed by atoms with van der Waals surface area (Å²) in [4.78, 5) is 5.04. The summed E-state index contributed by atoms with van der Waals surface area (Å²) in [5.41, 5.74) is 4.80. The third-order valence-corrected chi connectivity index (χ3v) is 5.80. The predicted molar refractivity (Wildman–Crippen MR) is 112 cm³/mol. The topological polar surface area (TPSA) is 57.2 Å². The molecule has 1 aliphatic heterocycles. The first-order valence-corrected chi connectivity index (χ1v) is 9.97. The molecule has 0 radical (unpaired) electrons. The van der Waals surface area contributed by atoms with Crippen molar-refractivity contribution in [1.82, 2.24) is 4.98 Å². The second-order valence-corrected chi connectivity index (χ2v) is 7.37. The summed E-state index contributed by atoms with van der Waals surface area (Å²) in [5, 5.41) is 1.25. The molecule has 0 amide bonds. The lowest BCUT2D eigenvalue weighted by molar-refractivity contribution is -0.933. The van der Waals surface area contributed by atoms with Crippen LogP contribution in [-0.2, 0) is 4.74 Å². The van der Waals surface area contributed by atoms with E-state index in [-0.39, 0.29) is 6.04 Å². The second kappa shape index (κ2) is 8.35. The molecule has 1 unspecified atom stereocenters. The van der Waals surface area contributed by atoms with Crippen molar-refractivity contribution in [3.05, 3.63) is 53.2 Å². The van der Waals surface area contributed by atoms with Gasteiger partial charge in [0.1, 0.15) is 19.1 Å². The number of aromatic amines is 1. The number of aromatic nitrogens is 1. The van der Waals surface area contributed by atoms with Crippen LogP contribution in [0.2, 0.25) is 0 Å².